The average Bonchev–Trinajstić information content (AvgIpc) is 2.67. The Labute approximate surface area is 146 Å². The van der Waals surface area contributed by atoms with E-state index in [1.807, 2.05) is 12.3 Å². The Hall–Kier alpha value is -1.67. The lowest BCUT2D eigenvalue weighted by Crippen LogP contribution is -2.35. The summed E-state index contributed by atoms with van der Waals surface area (Å²) >= 11 is 0. The molecule has 0 radical (unpaired) electrons. The molecule has 0 spiro atoms. The second-order valence-corrected chi connectivity index (χ2v) is 7.06. The molecule has 0 bridgehead atoms. The second kappa shape index (κ2) is 8.98. The first-order chi connectivity index (χ1) is 11.8. The number of aromatic nitrogens is 1. The largest absolute Gasteiger partial charge is 0.303 e. The van der Waals surface area contributed by atoms with Crippen LogP contribution < -0.4 is 0 Å². The molecule has 2 aromatic rings. The van der Waals surface area contributed by atoms with Crippen molar-refractivity contribution in [2.75, 3.05) is 19.6 Å². The molecule has 1 aromatic heterocycles. The Bertz CT molecular complexity index is 583. The maximum absolute atomic E-state index is 4.44. The summed E-state index contributed by atoms with van der Waals surface area (Å²) < 4.78 is 0. The van der Waals surface area contributed by atoms with Crippen LogP contribution in [0.1, 0.15) is 43.0 Å². The minimum absolute atomic E-state index is 0.882. The zero-order valence-electron chi connectivity index (χ0n) is 15.0. The van der Waals surface area contributed by atoms with Crippen LogP contribution in [-0.4, -0.2) is 29.5 Å². The third-order valence-electron chi connectivity index (χ3n) is 5.39. The molecule has 24 heavy (non-hydrogen) atoms. The highest BCUT2D eigenvalue weighted by atomic mass is 15.1. The van der Waals surface area contributed by atoms with E-state index in [9.17, 15) is 0 Å². The standard InChI is InChI=1S/C22H30N2/c1-2-19-6-8-20(9-7-19)12-16-24-17-13-21(14-18-24)10-11-22-5-3-4-15-23-22/h3-9,15,21H,2,10-14,16-18H2,1H3. The fourth-order valence-corrected chi connectivity index (χ4v) is 3.63. The van der Waals surface area contributed by atoms with Crippen molar-refractivity contribution < 1.29 is 0 Å². The summed E-state index contributed by atoms with van der Waals surface area (Å²) in [6, 6.07) is 15.4. The van der Waals surface area contributed by atoms with Gasteiger partial charge in [-0.2, -0.15) is 0 Å². The van der Waals surface area contributed by atoms with Crippen LogP contribution in [0.25, 0.3) is 0 Å². The van der Waals surface area contributed by atoms with Gasteiger partial charge in [0.05, 0.1) is 0 Å². The smallest absolute Gasteiger partial charge is 0.0403 e. The van der Waals surface area contributed by atoms with Crippen molar-refractivity contribution in [3.63, 3.8) is 0 Å². The van der Waals surface area contributed by atoms with E-state index in [0.717, 1.165) is 18.8 Å². The topological polar surface area (TPSA) is 16.1 Å². The van der Waals surface area contributed by atoms with Crippen LogP contribution in [0.2, 0.25) is 0 Å². The van der Waals surface area contributed by atoms with Gasteiger partial charge in [0.25, 0.3) is 0 Å². The van der Waals surface area contributed by atoms with Gasteiger partial charge in [0.15, 0.2) is 0 Å². The molecule has 2 nitrogen and oxygen atoms in total. The van der Waals surface area contributed by atoms with Crippen molar-refractivity contribution in [3.05, 3.63) is 65.5 Å². The molecular weight excluding hydrogens is 292 g/mol. The lowest BCUT2D eigenvalue weighted by atomic mass is 9.91. The maximum Gasteiger partial charge on any atom is 0.0403 e. The molecular formula is C22H30N2. The third-order valence-corrected chi connectivity index (χ3v) is 5.39. The number of piperidine rings is 1. The summed E-state index contributed by atoms with van der Waals surface area (Å²) in [5, 5.41) is 0. The Morgan fingerprint density at radius 3 is 2.38 bits per heavy atom. The average molecular weight is 322 g/mol. The monoisotopic (exact) mass is 322 g/mol. The predicted octanol–water partition coefficient (Wildman–Crippen LogP) is 4.53. The van der Waals surface area contributed by atoms with Crippen LogP contribution in [0.5, 0.6) is 0 Å². The molecule has 0 amide bonds. The highest BCUT2D eigenvalue weighted by molar-refractivity contribution is 5.22. The molecule has 2 heteroatoms. The van der Waals surface area contributed by atoms with E-state index in [1.165, 1.54) is 62.1 Å². The van der Waals surface area contributed by atoms with Crippen LogP contribution in [0.3, 0.4) is 0 Å². The summed E-state index contributed by atoms with van der Waals surface area (Å²) in [5.74, 6) is 0.882. The number of likely N-dealkylation sites (tertiary alicyclic amines) is 1. The fourth-order valence-electron chi connectivity index (χ4n) is 3.63. The lowest BCUT2D eigenvalue weighted by Gasteiger charge is -2.32. The number of nitrogens with zero attached hydrogens (tertiary/aromatic N) is 2. The Morgan fingerprint density at radius 1 is 0.958 bits per heavy atom. The molecule has 1 aliphatic rings. The number of pyridine rings is 1. The first kappa shape index (κ1) is 17.2. The molecule has 0 atom stereocenters. The minimum Gasteiger partial charge on any atom is -0.303 e. The normalized spacial score (nSPS) is 16.4. The van der Waals surface area contributed by atoms with Crippen LogP contribution >= 0.6 is 0 Å². The summed E-state index contributed by atoms with van der Waals surface area (Å²) in [6.07, 6.45) is 9.35. The van der Waals surface area contributed by atoms with Gasteiger partial charge in [0, 0.05) is 18.4 Å². The molecule has 128 valence electrons. The van der Waals surface area contributed by atoms with Gasteiger partial charge in [-0.3, -0.25) is 4.98 Å². The van der Waals surface area contributed by atoms with Gasteiger partial charge in [0.2, 0.25) is 0 Å². The zero-order valence-corrected chi connectivity index (χ0v) is 15.0. The summed E-state index contributed by atoms with van der Waals surface area (Å²) in [6.45, 7) is 5.95. The molecule has 1 aliphatic heterocycles. The summed E-state index contributed by atoms with van der Waals surface area (Å²) in [5.41, 5.74) is 4.16. The molecule has 3 rings (SSSR count). The van der Waals surface area contributed by atoms with Gasteiger partial charge in [-0.15, -0.1) is 0 Å². The quantitative estimate of drug-likeness (QED) is 0.744. The predicted molar refractivity (Wildman–Crippen MR) is 101 cm³/mol. The summed E-state index contributed by atoms with van der Waals surface area (Å²) in [4.78, 5) is 7.09. The van der Waals surface area contributed by atoms with Crippen molar-refractivity contribution >= 4 is 0 Å². The molecule has 0 aliphatic carbocycles. The summed E-state index contributed by atoms with van der Waals surface area (Å²) in [7, 11) is 0. The van der Waals surface area contributed by atoms with Crippen molar-refractivity contribution in [2.24, 2.45) is 5.92 Å². The van der Waals surface area contributed by atoms with E-state index < -0.39 is 0 Å². The molecule has 1 aromatic carbocycles. The maximum atomic E-state index is 4.44. The van der Waals surface area contributed by atoms with Crippen molar-refractivity contribution in [3.8, 4) is 0 Å². The zero-order chi connectivity index (χ0) is 16.6. The highest BCUT2D eigenvalue weighted by Crippen LogP contribution is 2.22. The van der Waals surface area contributed by atoms with E-state index in [1.54, 1.807) is 0 Å². The first-order valence-electron chi connectivity index (χ1n) is 9.53. The number of hydrogen-bond acceptors (Lipinski definition) is 2. The lowest BCUT2D eigenvalue weighted by molar-refractivity contribution is 0.181. The van der Waals surface area contributed by atoms with Gasteiger partial charge in [-0.1, -0.05) is 37.3 Å². The first-order valence-corrected chi connectivity index (χ1v) is 9.53. The molecule has 0 N–H and O–H groups in total. The van der Waals surface area contributed by atoms with Crippen LogP contribution in [0.4, 0.5) is 0 Å². The van der Waals surface area contributed by atoms with E-state index in [0.29, 0.717) is 0 Å². The van der Waals surface area contributed by atoms with Gasteiger partial charge in [-0.05, 0) is 80.8 Å². The van der Waals surface area contributed by atoms with Crippen LogP contribution in [-0.2, 0) is 19.3 Å². The van der Waals surface area contributed by atoms with Crippen molar-refractivity contribution in [1.29, 1.82) is 0 Å². The SMILES string of the molecule is CCc1ccc(CCN2CCC(CCc3ccccn3)CC2)cc1. The Morgan fingerprint density at radius 2 is 1.71 bits per heavy atom. The number of aryl methyl sites for hydroxylation is 2. The minimum atomic E-state index is 0.882. The van der Waals surface area contributed by atoms with Crippen LogP contribution in [0, 0.1) is 5.92 Å². The molecule has 1 fully saturated rings. The number of hydrogen-bond donors (Lipinski definition) is 0. The highest BCUT2D eigenvalue weighted by Gasteiger charge is 2.18. The molecule has 0 saturated carbocycles. The van der Waals surface area contributed by atoms with Crippen molar-refractivity contribution in [2.45, 2.75) is 45.4 Å². The van der Waals surface area contributed by atoms with Crippen LogP contribution in [0.15, 0.2) is 48.7 Å². The van der Waals surface area contributed by atoms with E-state index in [2.05, 4.69) is 53.2 Å². The second-order valence-electron chi connectivity index (χ2n) is 7.06. The van der Waals surface area contributed by atoms with E-state index >= 15 is 0 Å². The molecule has 1 saturated heterocycles. The van der Waals surface area contributed by atoms with Gasteiger partial charge in [-0.25, -0.2) is 0 Å². The molecule has 0 unspecified atom stereocenters. The van der Waals surface area contributed by atoms with E-state index in [4.69, 9.17) is 0 Å². The Kier molecular flexibility index (Phi) is 6.42. The third kappa shape index (κ3) is 5.17. The number of rotatable bonds is 7. The Balaban J connectivity index is 1.35. The molecule has 2 heterocycles. The van der Waals surface area contributed by atoms with E-state index in [-0.39, 0.29) is 0 Å². The van der Waals surface area contributed by atoms with Gasteiger partial charge >= 0.3 is 0 Å². The van der Waals surface area contributed by atoms with Gasteiger partial charge < -0.3 is 4.90 Å². The van der Waals surface area contributed by atoms with Crippen molar-refractivity contribution in [1.82, 2.24) is 9.88 Å². The number of benzene rings is 1. The fraction of sp³-hybridized carbons (Fsp3) is 0.500. The van der Waals surface area contributed by atoms with Gasteiger partial charge in [0.1, 0.15) is 0 Å².